The van der Waals surface area contributed by atoms with Crippen molar-refractivity contribution in [2.75, 3.05) is 0 Å². The molecule has 1 N–H and O–H groups in total. The average molecular weight is 395 g/mol. The number of nitrogens with zero attached hydrogens (tertiary/aromatic N) is 1. The molecule has 2 aromatic rings. The molecule has 4 rings (SSSR count). The molecule has 0 bridgehead atoms. The van der Waals surface area contributed by atoms with Gasteiger partial charge in [0.2, 0.25) is 11.6 Å². The molecule has 142 valence electrons. The number of hydrogen-bond donors (Lipinski definition) is 1. The fourth-order valence-corrected chi connectivity index (χ4v) is 5.04. The van der Waals surface area contributed by atoms with Crippen LogP contribution in [0.3, 0.4) is 0 Å². The Labute approximate surface area is 162 Å². The third-order valence-corrected chi connectivity index (χ3v) is 6.77. The van der Waals surface area contributed by atoms with Gasteiger partial charge >= 0.3 is 0 Å². The number of sulfonamides is 1. The smallest absolute Gasteiger partial charge is 0.264 e. The van der Waals surface area contributed by atoms with Gasteiger partial charge in [-0.05, 0) is 34.9 Å². The van der Waals surface area contributed by atoms with Crippen molar-refractivity contribution in [2.24, 2.45) is 5.92 Å². The zero-order valence-corrected chi connectivity index (χ0v) is 15.5. The van der Waals surface area contributed by atoms with E-state index in [1.165, 1.54) is 36.5 Å². The van der Waals surface area contributed by atoms with Gasteiger partial charge in [-0.15, -0.1) is 0 Å². The van der Waals surface area contributed by atoms with E-state index < -0.39 is 33.5 Å². The second-order valence-electron chi connectivity index (χ2n) is 6.64. The highest BCUT2D eigenvalue weighted by Crippen LogP contribution is 2.41. The summed E-state index contributed by atoms with van der Waals surface area (Å²) in [6, 6.07) is 14.1. The van der Waals surface area contributed by atoms with Crippen LogP contribution in [0.15, 0.2) is 77.8 Å². The molecule has 0 aromatic heterocycles. The van der Waals surface area contributed by atoms with Crippen molar-refractivity contribution in [1.82, 2.24) is 4.31 Å². The first-order valence-corrected chi connectivity index (χ1v) is 10.1. The number of rotatable bonds is 4. The van der Waals surface area contributed by atoms with Crippen LogP contribution in [0.1, 0.15) is 11.1 Å². The minimum atomic E-state index is -3.96. The third kappa shape index (κ3) is 2.89. The molecule has 0 radical (unpaired) electrons. The van der Waals surface area contributed by atoms with Gasteiger partial charge in [0.15, 0.2) is 0 Å². The van der Waals surface area contributed by atoms with Crippen molar-refractivity contribution in [2.45, 2.75) is 17.5 Å². The molecule has 1 aliphatic heterocycles. The summed E-state index contributed by atoms with van der Waals surface area (Å²) >= 11 is 0. The van der Waals surface area contributed by atoms with Crippen molar-refractivity contribution in [3.8, 4) is 0 Å². The van der Waals surface area contributed by atoms with Crippen LogP contribution in [-0.4, -0.2) is 35.4 Å². The van der Waals surface area contributed by atoms with Gasteiger partial charge in [0.25, 0.3) is 10.0 Å². The summed E-state index contributed by atoms with van der Waals surface area (Å²) in [6.45, 7) is -0.188. The van der Waals surface area contributed by atoms with Crippen molar-refractivity contribution in [3.05, 3.63) is 84.1 Å². The first kappa shape index (κ1) is 18.3. The van der Waals surface area contributed by atoms with Crippen LogP contribution < -0.4 is 0 Å². The highest BCUT2D eigenvalue weighted by molar-refractivity contribution is 7.89. The molecule has 2 aromatic carbocycles. The van der Waals surface area contributed by atoms with E-state index in [1.54, 1.807) is 24.3 Å². The van der Waals surface area contributed by atoms with Crippen LogP contribution in [0.4, 0.5) is 0 Å². The Morgan fingerprint density at radius 1 is 0.964 bits per heavy atom. The third-order valence-electron chi connectivity index (χ3n) is 5.00. The van der Waals surface area contributed by atoms with Crippen molar-refractivity contribution in [1.29, 1.82) is 0 Å². The number of benzene rings is 2. The first-order chi connectivity index (χ1) is 13.4. The minimum absolute atomic E-state index is 0.0479. The molecule has 1 aliphatic carbocycles. The van der Waals surface area contributed by atoms with Gasteiger partial charge in [-0.3, -0.25) is 13.9 Å². The van der Waals surface area contributed by atoms with Crippen molar-refractivity contribution in [3.63, 3.8) is 0 Å². The number of carbonyl (C=O) groups is 2. The molecule has 1 heterocycles. The topological polar surface area (TPSA) is 91.8 Å². The second kappa shape index (κ2) is 6.85. The molecule has 28 heavy (non-hydrogen) atoms. The summed E-state index contributed by atoms with van der Waals surface area (Å²) in [7, 11) is -3.96. The summed E-state index contributed by atoms with van der Waals surface area (Å²) in [5.74, 6) is -2.11. The van der Waals surface area contributed by atoms with Gasteiger partial charge in [0.05, 0.1) is 23.5 Å². The number of aliphatic hydroxyl groups excluding tert-OH is 1. The quantitative estimate of drug-likeness (QED) is 0.799. The lowest BCUT2D eigenvalue weighted by Gasteiger charge is -2.28. The van der Waals surface area contributed by atoms with Crippen LogP contribution >= 0.6 is 0 Å². The van der Waals surface area contributed by atoms with E-state index in [9.17, 15) is 18.0 Å². The van der Waals surface area contributed by atoms with Gasteiger partial charge in [-0.25, -0.2) is 8.42 Å². The van der Waals surface area contributed by atoms with E-state index >= 15 is 0 Å². The lowest BCUT2D eigenvalue weighted by atomic mass is 9.82. The van der Waals surface area contributed by atoms with Crippen molar-refractivity contribution < 1.29 is 23.1 Å². The molecular weight excluding hydrogens is 378 g/mol. The van der Waals surface area contributed by atoms with Crippen LogP contribution in [0, 0.1) is 5.92 Å². The van der Waals surface area contributed by atoms with E-state index in [-0.39, 0.29) is 11.5 Å². The van der Waals surface area contributed by atoms with Crippen LogP contribution in [0.2, 0.25) is 0 Å². The predicted octanol–water partition coefficient (Wildman–Crippen LogP) is 1.92. The molecule has 0 spiro atoms. The first-order valence-electron chi connectivity index (χ1n) is 8.70. The summed E-state index contributed by atoms with van der Waals surface area (Å²) in [6.07, 6.45) is 4.06. The van der Waals surface area contributed by atoms with E-state index in [0.29, 0.717) is 16.7 Å². The van der Waals surface area contributed by atoms with Gasteiger partial charge in [0, 0.05) is 6.20 Å². The second-order valence-corrected chi connectivity index (χ2v) is 8.49. The minimum Gasteiger partial charge on any atom is -0.392 e. The van der Waals surface area contributed by atoms with Crippen LogP contribution in [0.25, 0.3) is 5.57 Å². The number of allylic oxidation sites excluding steroid dienone is 1. The summed E-state index contributed by atoms with van der Waals surface area (Å²) in [5, 5.41) is 9.16. The summed E-state index contributed by atoms with van der Waals surface area (Å²) < 4.78 is 27.6. The Hall–Kier alpha value is -3.03. The number of carbonyl (C=O) groups excluding carboxylic acids is 2. The Morgan fingerprint density at radius 2 is 1.64 bits per heavy atom. The monoisotopic (exact) mass is 395 g/mol. The molecule has 0 amide bonds. The number of fused-ring (bicyclic) bond motifs is 1. The molecule has 6 nitrogen and oxygen atoms in total. The zero-order chi connectivity index (χ0) is 19.9. The summed E-state index contributed by atoms with van der Waals surface area (Å²) in [5.41, 5.74) is 1.79. The SMILES string of the molecule is O=C1C=CC2C(C1=O)C(c1ccccc1)=CN2S(=O)(=O)c1ccc(CO)cc1. The summed E-state index contributed by atoms with van der Waals surface area (Å²) in [4.78, 5) is 24.6. The molecule has 0 fully saturated rings. The predicted molar refractivity (Wildman–Crippen MR) is 102 cm³/mol. The molecular formula is C21H17NO5S. The van der Waals surface area contributed by atoms with Gasteiger partial charge in [-0.1, -0.05) is 48.5 Å². The molecule has 7 heteroatoms. The lowest BCUT2D eigenvalue weighted by Crippen LogP contribution is -2.42. The Kier molecular flexibility index (Phi) is 4.49. The maximum absolute atomic E-state index is 13.2. The molecule has 2 atom stereocenters. The normalized spacial score (nSPS) is 21.6. The molecule has 2 unspecified atom stereocenters. The molecule has 2 aliphatic rings. The highest BCUT2D eigenvalue weighted by atomic mass is 32.2. The Bertz CT molecular complexity index is 1100. The highest BCUT2D eigenvalue weighted by Gasteiger charge is 2.47. The number of ketones is 2. The Morgan fingerprint density at radius 3 is 2.29 bits per heavy atom. The lowest BCUT2D eigenvalue weighted by molar-refractivity contribution is -0.136. The fourth-order valence-electron chi connectivity index (χ4n) is 3.55. The standard InChI is InChI=1S/C21H17NO5S/c23-13-14-6-8-16(9-7-14)28(26,27)22-12-17(15-4-2-1-3-5-15)20-18(22)10-11-19(24)21(20)25/h1-12,18,20,23H,13H2. The molecule has 0 saturated carbocycles. The Balaban J connectivity index is 1.83. The number of Topliss-reactive ketones (excluding diaryl/α,β-unsaturated/α-hetero) is 1. The van der Waals surface area contributed by atoms with Gasteiger partial charge in [-0.2, -0.15) is 0 Å². The van der Waals surface area contributed by atoms with E-state index in [0.717, 1.165) is 10.4 Å². The molecule has 0 saturated heterocycles. The van der Waals surface area contributed by atoms with E-state index in [1.807, 2.05) is 6.07 Å². The fraction of sp³-hybridized carbons (Fsp3) is 0.143. The van der Waals surface area contributed by atoms with E-state index in [2.05, 4.69) is 0 Å². The maximum atomic E-state index is 13.2. The van der Waals surface area contributed by atoms with Crippen LogP contribution in [0.5, 0.6) is 0 Å². The maximum Gasteiger partial charge on any atom is 0.264 e. The average Bonchev–Trinajstić information content (AvgIpc) is 3.12. The number of hydrogen-bond acceptors (Lipinski definition) is 5. The van der Waals surface area contributed by atoms with Crippen molar-refractivity contribution >= 4 is 27.2 Å². The van der Waals surface area contributed by atoms with Gasteiger partial charge < -0.3 is 5.11 Å². The number of aliphatic hydroxyl groups is 1. The van der Waals surface area contributed by atoms with Crippen LogP contribution in [-0.2, 0) is 26.2 Å². The van der Waals surface area contributed by atoms with Gasteiger partial charge in [0.1, 0.15) is 0 Å². The van der Waals surface area contributed by atoms with E-state index in [4.69, 9.17) is 5.11 Å². The largest absolute Gasteiger partial charge is 0.392 e. The zero-order valence-electron chi connectivity index (χ0n) is 14.7.